The number of imidazole rings is 1. The van der Waals surface area contributed by atoms with E-state index in [1.807, 2.05) is 6.07 Å². The van der Waals surface area contributed by atoms with Crippen molar-refractivity contribution < 1.29 is 9.13 Å². The zero-order chi connectivity index (χ0) is 12.5. The van der Waals surface area contributed by atoms with Crippen molar-refractivity contribution in [3.8, 4) is 6.07 Å². The third-order valence-electron chi connectivity index (χ3n) is 3.19. The molecule has 1 aliphatic rings. The van der Waals surface area contributed by atoms with E-state index in [1.54, 1.807) is 0 Å². The number of aromatic nitrogens is 2. The second-order valence-corrected chi connectivity index (χ2v) is 4.44. The molecule has 92 valence electrons. The van der Waals surface area contributed by atoms with Gasteiger partial charge in [-0.05, 0) is 25.3 Å². The summed E-state index contributed by atoms with van der Waals surface area (Å²) in [5, 5.41) is 8.78. The van der Waals surface area contributed by atoms with Crippen LogP contribution in [-0.4, -0.2) is 16.6 Å². The van der Waals surface area contributed by atoms with E-state index in [0.29, 0.717) is 11.0 Å². The lowest BCUT2D eigenvalue weighted by atomic mass is 10.1. The summed E-state index contributed by atoms with van der Waals surface area (Å²) in [6.07, 6.45) is 3.07. The average molecular weight is 245 g/mol. The van der Waals surface area contributed by atoms with Crippen LogP contribution in [0.25, 0.3) is 11.0 Å². The fraction of sp³-hybridized carbons (Fsp3) is 0.385. The number of hydrogen-bond donors (Lipinski definition) is 1. The summed E-state index contributed by atoms with van der Waals surface area (Å²) in [4.78, 5) is 7.46. The Hall–Kier alpha value is -1.93. The second-order valence-electron chi connectivity index (χ2n) is 4.44. The standard InChI is InChI=1S/C13H12FN3O/c14-9-6-11-10(5-8(9)7-15)16-13(17-11)12-3-1-2-4-18-12/h5-6,12H,1-4H2,(H,16,17). The minimum absolute atomic E-state index is 0.0186. The molecule has 4 nitrogen and oxygen atoms in total. The molecule has 18 heavy (non-hydrogen) atoms. The Bertz CT molecular complexity index is 623. The number of aromatic amines is 1. The number of hydrogen-bond acceptors (Lipinski definition) is 3. The highest BCUT2D eigenvalue weighted by molar-refractivity contribution is 5.77. The molecule has 0 saturated carbocycles. The van der Waals surface area contributed by atoms with Gasteiger partial charge in [0.05, 0.1) is 16.6 Å². The van der Waals surface area contributed by atoms with Crippen molar-refractivity contribution in [1.82, 2.24) is 9.97 Å². The first-order valence-corrected chi connectivity index (χ1v) is 5.99. The summed E-state index contributed by atoms with van der Waals surface area (Å²) in [5.74, 6) is 0.198. The zero-order valence-electron chi connectivity index (χ0n) is 9.74. The third-order valence-corrected chi connectivity index (χ3v) is 3.19. The highest BCUT2D eigenvalue weighted by Gasteiger charge is 2.20. The molecular formula is C13H12FN3O. The van der Waals surface area contributed by atoms with Crippen LogP contribution in [0.2, 0.25) is 0 Å². The average Bonchev–Trinajstić information content (AvgIpc) is 2.81. The molecule has 0 aliphatic carbocycles. The van der Waals surface area contributed by atoms with Crippen LogP contribution < -0.4 is 0 Å². The van der Waals surface area contributed by atoms with Crippen molar-refractivity contribution in [1.29, 1.82) is 5.26 Å². The lowest BCUT2D eigenvalue weighted by Crippen LogP contribution is -2.12. The SMILES string of the molecule is N#Cc1cc2nc(C3CCCCO3)[nH]c2cc1F. The maximum Gasteiger partial charge on any atom is 0.143 e. The number of nitriles is 1. The van der Waals surface area contributed by atoms with Gasteiger partial charge in [0.15, 0.2) is 0 Å². The van der Waals surface area contributed by atoms with Gasteiger partial charge < -0.3 is 9.72 Å². The smallest absolute Gasteiger partial charge is 0.143 e. The molecule has 0 spiro atoms. The molecule has 1 aliphatic heterocycles. The Morgan fingerprint density at radius 1 is 1.44 bits per heavy atom. The Kier molecular flexibility index (Phi) is 2.73. The Morgan fingerprint density at radius 2 is 2.33 bits per heavy atom. The minimum atomic E-state index is -0.523. The van der Waals surface area contributed by atoms with Crippen LogP contribution in [0.15, 0.2) is 12.1 Å². The van der Waals surface area contributed by atoms with Crippen molar-refractivity contribution in [2.75, 3.05) is 6.61 Å². The summed E-state index contributed by atoms with van der Waals surface area (Å²) in [6, 6.07) is 4.59. The van der Waals surface area contributed by atoms with Crippen LogP contribution in [0, 0.1) is 17.1 Å². The van der Waals surface area contributed by atoms with Gasteiger partial charge in [-0.1, -0.05) is 0 Å². The molecule has 0 bridgehead atoms. The van der Waals surface area contributed by atoms with Crippen molar-refractivity contribution in [2.24, 2.45) is 0 Å². The molecule has 1 atom stereocenters. The predicted molar refractivity (Wildman–Crippen MR) is 63.3 cm³/mol. The predicted octanol–water partition coefficient (Wildman–Crippen LogP) is 2.82. The Labute approximate surface area is 103 Å². The van der Waals surface area contributed by atoms with Gasteiger partial charge in [0.2, 0.25) is 0 Å². The van der Waals surface area contributed by atoms with Gasteiger partial charge in [0.25, 0.3) is 0 Å². The van der Waals surface area contributed by atoms with E-state index in [4.69, 9.17) is 10.00 Å². The van der Waals surface area contributed by atoms with Crippen molar-refractivity contribution >= 4 is 11.0 Å². The molecule has 5 heteroatoms. The van der Waals surface area contributed by atoms with Gasteiger partial charge in [-0.2, -0.15) is 5.26 Å². The first-order valence-electron chi connectivity index (χ1n) is 5.99. The van der Waals surface area contributed by atoms with Gasteiger partial charge in [0.1, 0.15) is 23.8 Å². The van der Waals surface area contributed by atoms with E-state index in [-0.39, 0.29) is 11.7 Å². The molecule has 1 saturated heterocycles. The summed E-state index contributed by atoms with van der Waals surface area (Å²) in [6.45, 7) is 0.736. The molecule has 0 radical (unpaired) electrons. The van der Waals surface area contributed by atoms with Crippen LogP contribution in [0.4, 0.5) is 4.39 Å². The fourth-order valence-electron chi connectivity index (χ4n) is 2.24. The molecule has 2 heterocycles. The number of nitrogens with one attached hydrogen (secondary N) is 1. The molecule has 1 N–H and O–H groups in total. The zero-order valence-corrected chi connectivity index (χ0v) is 9.74. The number of nitrogens with zero attached hydrogens (tertiary/aromatic N) is 2. The molecule has 1 aromatic carbocycles. The lowest BCUT2D eigenvalue weighted by molar-refractivity contribution is 0.0101. The number of fused-ring (bicyclic) bond motifs is 1. The van der Waals surface area contributed by atoms with Crippen molar-refractivity contribution in [3.63, 3.8) is 0 Å². The highest BCUT2D eigenvalue weighted by atomic mass is 19.1. The molecule has 1 unspecified atom stereocenters. The first-order chi connectivity index (χ1) is 8.78. The van der Waals surface area contributed by atoms with Gasteiger partial charge in [-0.3, -0.25) is 0 Å². The van der Waals surface area contributed by atoms with E-state index in [1.165, 1.54) is 12.1 Å². The van der Waals surface area contributed by atoms with Crippen LogP contribution in [0.5, 0.6) is 0 Å². The Balaban J connectivity index is 2.03. The molecule has 1 fully saturated rings. The van der Waals surface area contributed by atoms with Crippen LogP contribution in [0.3, 0.4) is 0 Å². The number of halogens is 1. The van der Waals surface area contributed by atoms with Crippen molar-refractivity contribution in [2.45, 2.75) is 25.4 Å². The van der Waals surface area contributed by atoms with Gasteiger partial charge in [0, 0.05) is 12.7 Å². The van der Waals surface area contributed by atoms with Gasteiger partial charge in [-0.15, -0.1) is 0 Å². The monoisotopic (exact) mass is 245 g/mol. The fourth-order valence-corrected chi connectivity index (χ4v) is 2.24. The minimum Gasteiger partial charge on any atom is -0.370 e. The number of H-pyrrole nitrogens is 1. The van der Waals surface area contributed by atoms with E-state index in [9.17, 15) is 4.39 Å². The molecule has 2 aromatic rings. The van der Waals surface area contributed by atoms with E-state index in [2.05, 4.69) is 9.97 Å². The maximum absolute atomic E-state index is 13.5. The van der Waals surface area contributed by atoms with Gasteiger partial charge in [-0.25, -0.2) is 9.37 Å². The molecule has 1 aromatic heterocycles. The quantitative estimate of drug-likeness (QED) is 0.840. The topological polar surface area (TPSA) is 61.7 Å². The maximum atomic E-state index is 13.5. The summed E-state index contributed by atoms with van der Waals surface area (Å²) in [5.41, 5.74) is 1.23. The molecule has 3 rings (SSSR count). The first kappa shape index (κ1) is 11.2. The van der Waals surface area contributed by atoms with Gasteiger partial charge >= 0.3 is 0 Å². The van der Waals surface area contributed by atoms with E-state index < -0.39 is 5.82 Å². The lowest BCUT2D eigenvalue weighted by Gasteiger charge is -2.20. The normalized spacial score (nSPS) is 19.9. The van der Waals surface area contributed by atoms with E-state index >= 15 is 0 Å². The van der Waals surface area contributed by atoms with Crippen LogP contribution >= 0.6 is 0 Å². The summed E-state index contributed by atoms with van der Waals surface area (Å²) < 4.78 is 19.1. The third kappa shape index (κ3) is 1.85. The summed E-state index contributed by atoms with van der Waals surface area (Å²) >= 11 is 0. The van der Waals surface area contributed by atoms with E-state index in [0.717, 1.165) is 31.7 Å². The molecular weight excluding hydrogens is 233 g/mol. The molecule has 0 amide bonds. The van der Waals surface area contributed by atoms with Crippen LogP contribution in [0.1, 0.15) is 36.8 Å². The highest BCUT2D eigenvalue weighted by Crippen LogP contribution is 2.28. The van der Waals surface area contributed by atoms with Crippen LogP contribution in [-0.2, 0) is 4.74 Å². The summed E-state index contributed by atoms with van der Waals surface area (Å²) in [7, 11) is 0. The number of ether oxygens (including phenoxy) is 1. The van der Waals surface area contributed by atoms with Crippen molar-refractivity contribution in [3.05, 3.63) is 29.3 Å². The largest absolute Gasteiger partial charge is 0.370 e. The number of rotatable bonds is 1. The second kappa shape index (κ2) is 4.39. The Morgan fingerprint density at radius 3 is 3.06 bits per heavy atom. The number of benzene rings is 1.